The zero-order chi connectivity index (χ0) is 8.10. The summed E-state index contributed by atoms with van der Waals surface area (Å²) < 4.78 is 0. The number of hydrogen-bond acceptors (Lipinski definition) is 1. The number of nitrogens with one attached hydrogen (secondary N) is 1. The van der Waals surface area contributed by atoms with Crippen LogP contribution in [0.3, 0.4) is 0 Å². The second-order valence-corrected chi connectivity index (χ2v) is 3.65. The third-order valence-corrected chi connectivity index (χ3v) is 3.04. The first-order chi connectivity index (χ1) is 5.38. The second kappa shape index (κ2) is 4.76. The van der Waals surface area contributed by atoms with E-state index in [-0.39, 0.29) is 0 Å². The SMILES string of the molecule is CCNCCC1CCC1CC. The summed E-state index contributed by atoms with van der Waals surface area (Å²) >= 11 is 0. The van der Waals surface area contributed by atoms with Crippen molar-refractivity contribution in [3.05, 3.63) is 0 Å². The normalized spacial score (nSPS) is 30.0. The van der Waals surface area contributed by atoms with Crippen molar-refractivity contribution in [2.75, 3.05) is 13.1 Å². The molecule has 11 heavy (non-hydrogen) atoms. The van der Waals surface area contributed by atoms with Crippen molar-refractivity contribution >= 4 is 0 Å². The van der Waals surface area contributed by atoms with E-state index < -0.39 is 0 Å². The Balaban J connectivity index is 1.98. The van der Waals surface area contributed by atoms with Gasteiger partial charge in [0.1, 0.15) is 0 Å². The summed E-state index contributed by atoms with van der Waals surface area (Å²) in [6.45, 7) is 6.86. The second-order valence-electron chi connectivity index (χ2n) is 3.65. The van der Waals surface area contributed by atoms with Crippen molar-refractivity contribution in [1.29, 1.82) is 0 Å². The number of rotatable bonds is 5. The molecule has 1 rings (SSSR count). The Hall–Kier alpha value is -0.0400. The predicted octanol–water partition coefficient (Wildman–Crippen LogP) is 2.42. The summed E-state index contributed by atoms with van der Waals surface area (Å²) in [6, 6.07) is 0. The zero-order valence-electron chi connectivity index (χ0n) is 7.90. The van der Waals surface area contributed by atoms with E-state index in [1.165, 1.54) is 32.2 Å². The fraction of sp³-hybridized carbons (Fsp3) is 1.00. The van der Waals surface area contributed by atoms with Gasteiger partial charge in [0.05, 0.1) is 0 Å². The van der Waals surface area contributed by atoms with Gasteiger partial charge in [-0.2, -0.15) is 0 Å². The largest absolute Gasteiger partial charge is 0.317 e. The van der Waals surface area contributed by atoms with Crippen LogP contribution in [0.4, 0.5) is 0 Å². The molecule has 0 aromatic rings. The molecule has 2 unspecified atom stereocenters. The molecular formula is C10H21N. The highest BCUT2D eigenvalue weighted by Crippen LogP contribution is 2.38. The molecule has 0 spiro atoms. The molecule has 0 aliphatic heterocycles. The molecule has 0 saturated heterocycles. The van der Waals surface area contributed by atoms with Gasteiger partial charge in [-0.1, -0.05) is 20.3 Å². The minimum Gasteiger partial charge on any atom is -0.317 e. The highest BCUT2D eigenvalue weighted by molar-refractivity contribution is 4.79. The first kappa shape index (κ1) is 9.05. The van der Waals surface area contributed by atoms with Crippen molar-refractivity contribution in [3.8, 4) is 0 Å². The fourth-order valence-corrected chi connectivity index (χ4v) is 2.02. The maximum absolute atomic E-state index is 3.39. The molecule has 1 fully saturated rings. The Bertz CT molecular complexity index is 99.0. The molecule has 1 aliphatic carbocycles. The van der Waals surface area contributed by atoms with E-state index in [2.05, 4.69) is 19.2 Å². The summed E-state index contributed by atoms with van der Waals surface area (Å²) in [6.07, 6.45) is 5.79. The van der Waals surface area contributed by atoms with Crippen LogP contribution in [0.2, 0.25) is 0 Å². The van der Waals surface area contributed by atoms with E-state index in [1.54, 1.807) is 0 Å². The summed E-state index contributed by atoms with van der Waals surface area (Å²) in [5.74, 6) is 2.12. The van der Waals surface area contributed by atoms with Crippen molar-refractivity contribution < 1.29 is 0 Å². The summed E-state index contributed by atoms with van der Waals surface area (Å²) in [7, 11) is 0. The Morgan fingerprint density at radius 1 is 1.18 bits per heavy atom. The Morgan fingerprint density at radius 2 is 1.91 bits per heavy atom. The van der Waals surface area contributed by atoms with E-state index in [4.69, 9.17) is 0 Å². The molecule has 1 aliphatic rings. The average molecular weight is 155 g/mol. The molecule has 0 aromatic carbocycles. The van der Waals surface area contributed by atoms with Gasteiger partial charge in [-0.3, -0.25) is 0 Å². The maximum atomic E-state index is 3.39. The minimum absolute atomic E-state index is 1.05. The van der Waals surface area contributed by atoms with Crippen LogP contribution in [-0.4, -0.2) is 13.1 Å². The van der Waals surface area contributed by atoms with Gasteiger partial charge < -0.3 is 5.32 Å². The lowest BCUT2D eigenvalue weighted by Gasteiger charge is -2.36. The molecule has 2 atom stereocenters. The molecule has 0 bridgehead atoms. The Labute approximate surface area is 70.6 Å². The smallest absolute Gasteiger partial charge is 0.00463 e. The molecule has 0 amide bonds. The van der Waals surface area contributed by atoms with Gasteiger partial charge in [-0.15, -0.1) is 0 Å². The van der Waals surface area contributed by atoms with Gasteiger partial charge in [0.15, 0.2) is 0 Å². The van der Waals surface area contributed by atoms with E-state index in [9.17, 15) is 0 Å². The van der Waals surface area contributed by atoms with E-state index in [0.717, 1.165) is 18.4 Å². The Morgan fingerprint density at radius 3 is 2.36 bits per heavy atom. The predicted molar refractivity (Wildman–Crippen MR) is 49.7 cm³/mol. The lowest BCUT2D eigenvalue weighted by Crippen LogP contribution is -2.28. The van der Waals surface area contributed by atoms with Crippen LogP contribution in [0.25, 0.3) is 0 Å². The van der Waals surface area contributed by atoms with E-state index in [1.807, 2.05) is 0 Å². The molecular weight excluding hydrogens is 134 g/mol. The first-order valence-electron chi connectivity index (χ1n) is 5.09. The third-order valence-electron chi connectivity index (χ3n) is 3.04. The van der Waals surface area contributed by atoms with E-state index in [0.29, 0.717) is 0 Å². The van der Waals surface area contributed by atoms with Crippen molar-refractivity contribution in [1.82, 2.24) is 5.32 Å². The highest BCUT2D eigenvalue weighted by atomic mass is 14.8. The van der Waals surface area contributed by atoms with Crippen molar-refractivity contribution in [2.45, 2.75) is 39.5 Å². The van der Waals surface area contributed by atoms with Crippen LogP contribution in [-0.2, 0) is 0 Å². The minimum atomic E-state index is 1.05. The average Bonchev–Trinajstić information content (AvgIpc) is 1.97. The molecule has 1 N–H and O–H groups in total. The molecule has 1 nitrogen and oxygen atoms in total. The molecule has 0 aromatic heterocycles. The quantitative estimate of drug-likeness (QED) is 0.601. The van der Waals surface area contributed by atoms with E-state index >= 15 is 0 Å². The van der Waals surface area contributed by atoms with Crippen molar-refractivity contribution in [3.63, 3.8) is 0 Å². The van der Waals surface area contributed by atoms with Gasteiger partial charge in [0.25, 0.3) is 0 Å². The van der Waals surface area contributed by atoms with Gasteiger partial charge in [-0.05, 0) is 44.2 Å². The summed E-state index contributed by atoms with van der Waals surface area (Å²) in [4.78, 5) is 0. The van der Waals surface area contributed by atoms with Gasteiger partial charge in [0.2, 0.25) is 0 Å². The van der Waals surface area contributed by atoms with Crippen LogP contribution < -0.4 is 5.32 Å². The van der Waals surface area contributed by atoms with Crippen LogP contribution >= 0.6 is 0 Å². The monoisotopic (exact) mass is 155 g/mol. The van der Waals surface area contributed by atoms with Crippen LogP contribution in [0, 0.1) is 11.8 Å². The van der Waals surface area contributed by atoms with Gasteiger partial charge in [0, 0.05) is 0 Å². The first-order valence-corrected chi connectivity index (χ1v) is 5.09. The van der Waals surface area contributed by atoms with Crippen LogP contribution in [0.15, 0.2) is 0 Å². The molecule has 1 saturated carbocycles. The summed E-state index contributed by atoms with van der Waals surface area (Å²) in [5, 5.41) is 3.39. The standard InChI is InChI=1S/C10H21N/c1-3-9-5-6-10(9)7-8-11-4-2/h9-11H,3-8H2,1-2H3. The highest BCUT2D eigenvalue weighted by Gasteiger charge is 2.27. The maximum Gasteiger partial charge on any atom is -0.00463 e. The molecule has 1 heteroatoms. The Kier molecular flexibility index (Phi) is 3.92. The molecule has 0 heterocycles. The number of hydrogen-bond donors (Lipinski definition) is 1. The lowest BCUT2D eigenvalue weighted by atomic mass is 9.71. The zero-order valence-corrected chi connectivity index (χ0v) is 7.90. The molecule has 0 radical (unpaired) electrons. The van der Waals surface area contributed by atoms with Crippen LogP contribution in [0.1, 0.15) is 39.5 Å². The van der Waals surface area contributed by atoms with Crippen molar-refractivity contribution in [2.24, 2.45) is 11.8 Å². The lowest BCUT2D eigenvalue weighted by molar-refractivity contribution is 0.158. The third kappa shape index (κ3) is 2.48. The fourth-order valence-electron chi connectivity index (χ4n) is 2.02. The van der Waals surface area contributed by atoms with Gasteiger partial charge >= 0.3 is 0 Å². The summed E-state index contributed by atoms with van der Waals surface area (Å²) in [5.41, 5.74) is 0. The topological polar surface area (TPSA) is 12.0 Å². The van der Waals surface area contributed by atoms with Gasteiger partial charge in [-0.25, -0.2) is 0 Å². The van der Waals surface area contributed by atoms with Crippen LogP contribution in [0.5, 0.6) is 0 Å². The molecule has 66 valence electrons.